The molecule has 1 aromatic carbocycles. The van der Waals surface area contributed by atoms with Crippen LogP contribution in [0.5, 0.6) is 11.5 Å². The molecule has 0 saturated carbocycles. The summed E-state index contributed by atoms with van der Waals surface area (Å²) in [6.45, 7) is 2.39. The van der Waals surface area contributed by atoms with Gasteiger partial charge in [0.15, 0.2) is 11.5 Å². The molecule has 1 aromatic rings. The minimum absolute atomic E-state index is 0.0503. The van der Waals surface area contributed by atoms with Crippen molar-refractivity contribution in [3.8, 4) is 11.5 Å². The molecule has 0 aliphatic heterocycles. The van der Waals surface area contributed by atoms with Crippen LogP contribution in [0.1, 0.15) is 19.4 Å². The third-order valence-corrected chi connectivity index (χ3v) is 3.52. The summed E-state index contributed by atoms with van der Waals surface area (Å²) in [5.74, 6) is 0.139. The molecule has 0 radical (unpaired) electrons. The summed E-state index contributed by atoms with van der Waals surface area (Å²) in [6.07, 6.45) is -4.70. The van der Waals surface area contributed by atoms with E-state index in [1.165, 1.54) is 28.1 Å². The van der Waals surface area contributed by atoms with E-state index >= 15 is 0 Å². The number of nitrogens with two attached hydrogens (primary N) is 1. The minimum Gasteiger partial charge on any atom is -0.493 e. The molecule has 0 amide bonds. The topological polar surface area (TPSA) is 87.6 Å². The second-order valence-corrected chi connectivity index (χ2v) is 5.22. The van der Waals surface area contributed by atoms with Crippen LogP contribution in [0.2, 0.25) is 0 Å². The van der Waals surface area contributed by atoms with Crippen molar-refractivity contribution in [2.45, 2.75) is 31.5 Å². The molecule has 124 valence electrons. The van der Waals surface area contributed by atoms with Crippen LogP contribution in [0.15, 0.2) is 12.1 Å². The molecular formula is C13H17F3N2O4. The van der Waals surface area contributed by atoms with Crippen molar-refractivity contribution in [1.82, 2.24) is 0 Å². The quantitative estimate of drug-likeness (QED) is 0.665. The summed E-state index contributed by atoms with van der Waals surface area (Å²) in [4.78, 5) is 10.4. The lowest BCUT2D eigenvalue weighted by Crippen LogP contribution is -2.51. The number of halogens is 3. The maximum atomic E-state index is 12.9. The van der Waals surface area contributed by atoms with Gasteiger partial charge >= 0.3 is 6.18 Å². The summed E-state index contributed by atoms with van der Waals surface area (Å²) in [6, 6.07) is -0.0986. The molecule has 2 N–H and O–H groups in total. The van der Waals surface area contributed by atoms with Gasteiger partial charge in [-0.3, -0.25) is 10.1 Å². The first kappa shape index (κ1) is 18.0. The molecule has 9 heteroatoms. The number of hydrogen-bond acceptors (Lipinski definition) is 5. The third-order valence-electron chi connectivity index (χ3n) is 3.52. The highest BCUT2D eigenvalue weighted by atomic mass is 19.4. The Hall–Kier alpha value is -2.03. The number of methoxy groups -OCH3 is 2. The molecule has 6 nitrogen and oxygen atoms in total. The average Bonchev–Trinajstić information content (AvgIpc) is 2.43. The van der Waals surface area contributed by atoms with Crippen molar-refractivity contribution in [2.24, 2.45) is 5.73 Å². The van der Waals surface area contributed by atoms with Crippen molar-refractivity contribution in [3.63, 3.8) is 0 Å². The van der Waals surface area contributed by atoms with Crippen LogP contribution < -0.4 is 15.2 Å². The molecule has 1 rings (SSSR count). The van der Waals surface area contributed by atoms with Gasteiger partial charge in [-0.15, -0.1) is 0 Å². The smallest absolute Gasteiger partial charge is 0.404 e. The van der Waals surface area contributed by atoms with E-state index in [2.05, 4.69) is 0 Å². The highest BCUT2D eigenvalue weighted by Gasteiger charge is 2.49. The molecular weight excluding hydrogens is 305 g/mol. The average molecular weight is 322 g/mol. The molecule has 0 aliphatic carbocycles. The number of nitrogens with zero attached hydrogens (tertiary/aromatic N) is 1. The van der Waals surface area contributed by atoms with E-state index in [9.17, 15) is 23.3 Å². The van der Waals surface area contributed by atoms with Gasteiger partial charge < -0.3 is 15.2 Å². The van der Waals surface area contributed by atoms with E-state index < -0.39 is 28.2 Å². The molecule has 0 saturated heterocycles. The third kappa shape index (κ3) is 3.24. The SMILES string of the molecule is COc1cc([N+](=O)[O-])c(C(C)(C)C(N)C(F)(F)F)cc1OC. The van der Waals surface area contributed by atoms with Crippen molar-refractivity contribution >= 4 is 5.69 Å². The number of hydrogen-bond donors (Lipinski definition) is 1. The van der Waals surface area contributed by atoms with Crippen LogP contribution in [0.25, 0.3) is 0 Å². The van der Waals surface area contributed by atoms with E-state index in [0.29, 0.717) is 0 Å². The maximum Gasteiger partial charge on any atom is 0.404 e. The van der Waals surface area contributed by atoms with Crippen LogP contribution >= 0.6 is 0 Å². The molecule has 1 unspecified atom stereocenters. The van der Waals surface area contributed by atoms with Gasteiger partial charge in [0.05, 0.1) is 25.2 Å². The fourth-order valence-corrected chi connectivity index (χ4v) is 2.11. The summed E-state index contributed by atoms with van der Waals surface area (Å²) in [5, 5.41) is 11.2. The Bertz CT molecular complexity index is 573. The van der Waals surface area contributed by atoms with Crippen LogP contribution in [0.3, 0.4) is 0 Å². The predicted octanol–water partition coefficient (Wildman–Crippen LogP) is 2.78. The molecule has 22 heavy (non-hydrogen) atoms. The minimum atomic E-state index is -4.70. The molecule has 0 aliphatic rings. The second kappa shape index (κ2) is 5.99. The monoisotopic (exact) mass is 322 g/mol. The first-order valence-electron chi connectivity index (χ1n) is 6.20. The number of rotatable bonds is 5. The van der Waals surface area contributed by atoms with E-state index in [0.717, 1.165) is 12.1 Å². The fraction of sp³-hybridized carbons (Fsp3) is 0.538. The number of benzene rings is 1. The molecule has 0 spiro atoms. The van der Waals surface area contributed by atoms with Crippen molar-refractivity contribution < 1.29 is 27.6 Å². The predicted molar refractivity (Wildman–Crippen MR) is 73.3 cm³/mol. The van der Waals surface area contributed by atoms with Crippen LogP contribution in [0, 0.1) is 10.1 Å². The second-order valence-electron chi connectivity index (χ2n) is 5.22. The van der Waals surface area contributed by atoms with Crippen molar-refractivity contribution in [3.05, 3.63) is 27.8 Å². The van der Waals surface area contributed by atoms with Gasteiger partial charge in [-0.05, 0) is 6.07 Å². The lowest BCUT2D eigenvalue weighted by atomic mass is 9.76. The van der Waals surface area contributed by atoms with Gasteiger partial charge in [-0.25, -0.2) is 0 Å². The maximum absolute atomic E-state index is 12.9. The Balaban J connectivity index is 3.60. The highest BCUT2D eigenvalue weighted by molar-refractivity contribution is 5.57. The Morgan fingerprint density at radius 3 is 2.00 bits per heavy atom. The van der Waals surface area contributed by atoms with E-state index in [-0.39, 0.29) is 17.1 Å². The lowest BCUT2D eigenvalue weighted by Gasteiger charge is -2.33. The number of nitro groups is 1. The van der Waals surface area contributed by atoms with E-state index in [4.69, 9.17) is 15.2 Å². The first-order chi connectivity index (χ1) is 9.96. The number of nitro benzene ring substituents is 1. The molecule has 0 fully saturated rings. The lowest BCUT2D eigenvalue weighted by molar-refractivity contribution is -0.386. The van der Waals surface area contributed by atoms with Gasteiger partial charge in [0.2, 0.25) is 0 Å². The van der Waals surface area contributed by atoms with Crippen molar-refractivity contribution in [2.75, 3.05) is 14.2 Å². The summed E-state index contributed by atoms with van der Waals surface area (Å²) >= 11 is 0. The van der Waals surface area contributed by atoms with Crippen LogP contribution in [-0.2, 0) is 5.41 Å². The normalized spacial score (nSPS) is 13.6. The van der Waals surface area contributed by atoms with Gasteiger partial charge in [0.1, 0.15) is 6.04 Å². The Morgan fingerprint density at radius 2 is 1.64 bits per heavy atom. The summed E-state index contributed by atoms with van der Waals surface area (Å²) in [5.41, 5.74) is 2.84. The zero-order valence-electron chi connectivity index (χ0n) is 12.5. The molecule has 0 bridgehead atoms. The molecule has 0 heterocycles. The van der Waals surface area contributed by atoms with Crippen molar-refractivity contribution in [1.29, 1.82) is 0 Å². The standard InChI is InChI=1S/C13H17F3N2O4/c1-12(2,11(17)13(14,15)16)7-5-9(21-3)10(22-4)6-8(7)18(19)20/h5-6,11H,17H2,1-4H3. The molecule has 1 atom stereocenters. The summed E-state index contributed by atoms with van der Waals surface area (Å²) < 4.78 is 48.8. The zero-order chi connectivity index (χ0) is 17.3. The van der Waals surface area contributed by atoms with Crippen LogP contribution in [-0.4, -0.2) is 31.4 Å². The van der Waals surface area contributed by atoms with Crippen LogP contribution in [0.4, 0.5) is 18.9 Å². The highest BCUT2D eigenvalue weighted by Crippen LogP contribution is 2.43. The number of ether oxygens (including phenoxy) is 2. The van der Waals surface area contributed by atoms with E-state index in [1.807, 2.05) is 0 Å². The van der Waals surface area contributed by atoms with Gasteiger partial charge in [0, 0.05) is 11.0 Å². The van der Waals surface area contributed by atoms with E-state index in [1.54, 1.807) is 0 Å². The summed E-state index contributed by atoms with van der Waals surface area (Å²) in [7, 11) is 2.55. The largest absolute Gasteiger partial charge is 0.493 e. The zero-order valence-corrected chi connectivity index (χ0v) is 12.5. The number of alkyl halides is 3. The molecule has 0 aromatic heterocycles. The Labute approximate surface area is 125 Å². The Kier molecular flexibility index (Phi) is 4.91. The van der Waals surface area contributed by atoms with Gasteiger partial charge in [0.25, 0.3) is 5.69 Å². The fourth-order valence-electron chi connectivity index (χ4n) is 2.11. The first-order valence-corrected chi connectivity index (χ1v) is 6.20. The van der Waals surface area contributed by atoms with Gasteiger partial charge in [-0.1, -0.05) is 13.8 Å². The Morgan fingerprint density at radius 1 is 1.18 bits per heavy atom. The van der Waals surface area contributed by atoms with Gasteiger partial charge in [-0.2, -0.15) is 13.2 Å².